The zero-order valence-electron chi connectivity index (χ0n) is 18.6. The lowest BCUT2D eigenvalue weighted by Gasteiger charge is -2.15. The number of nitrogens with zero attached hydrogens (tertiary/aromatic N) is 2. The van der Waals surface area contributed by atoms with E-state index in [0.29, 0.717) is 31.9 Å². The number of nitrogens with one attached hydrogen (secondary N) is 2. The van der Waals surface area contributed by atoms with Crippen molar-refractivity contribution in [1.29, 1.82) is 0 Å². The fourth-order valence-corrected chi connectivity index (χ4v) is 3.30. The van der Waals surface area contributed by atoms with Crippen molar-refractivity contribution in [3.05, 3.63) is 99.9 Å². The van der Waals surface area contributed by atoms with Gasteiger partial charge in [0.05, 0.1) is 23.3 Å². The van der Waals surface area contributed by atoms with E-state index >= 15 is 0 Å². The van der Waals surface area contributed by atoms with Gasteiger partial charge in [0.15, 0.2) is 0 Å². The van der Waals surface area contributed by atoms with E-state index < -0.39 is 4.92 Å². The first-order valence-corrected chi connectivity index (χ1v) is 10.9. The first-order valence-electron chi connectivity index (χ1n) is 10.9. The number of benzene rings is 2. The Kier molecular flexibility index (Phi) is 8.90. The van der Waals surface area contributed by atoms with E-state index in [4.69, 9.17) is 4.74 Å². The largest absolute Gasteiger partial charge is 0.381 e. The molecule has 1 aromatic heterocycles. The molecule has 0 saturated heterocycles. The average molecular weight is 449 g/mol. The van der Waals surface area contributed by atoms with E-state index in [1.165, 1.54) is 11.6 Å². The third-order valence-corrected chi connectivity index (χ3v) is 5.09. The molecule has 2 aromatic carbocycles. The van der Waals surface area contributed by atoms with Crippen molar-refractivity contribution < 1.29 is 14.5 Å². The quantitative estimate of drug-likeness (QED) is 0.239. The van der Waals surface area contributed by atoms with Crippen LogP contribution in [0.2, 0.25) is 0 Å². The highest BCUT2D eigenvalue weighted by molar-refractivity contribution is 5.95. The van der Waals surface area contributed by atoms with Gasteiger partial charge in [0.25, 0.3) is 11.6 Å². The van der Waals surface area contributed by atoms with Crippen LogP contribution in [0.5, 0.6) is 0 Å². The zero-order valence-corrected chi connectivity index (χ0v) is 18.6. The average Bonchev–Trinajstić information content (AvgIpc) is 2.84. The van der Waals surface area contributed by atoms with Gasteiger partial charge in [-0.1, -0.05) is 36.4 Å². The topological polar surface area (TPSA) is 106 Å². The fourth-order valence-electron chi connectivity index (χ4n) is 3.30. The minimum Gasteiger partial charge on any atom is -0.381 e. The van der Waals surface area contributed by atoms with E-state index in [-0.39, 0.29) is 23.2 Å². The number of nitro groups is 1. The Morgan fingerprint density at radius 1 is 1.09 bits per heavy atom. The van der Waals surface area contributed by atoms with E-state index in [1.807, 2.05) is 43.3 Å². The van der Waals surface area contributed by atoms with Crippen molar-refractivity contribution in [1.82, 2.24) is 10.3 Å². The van der Waals surface area contributed by atoms with Crippen LogP contribution in [0.4, 0.5) is 11.4 Å². The van der Waals surface area contributed by atoms with Gasteiger partial charge in [-0.3, -0.25) is 19.9 Å². The molecule has 0 saturated carbocycles. The van der Waals surface area contributed by atoms with Gasteiger partial charge >= 0.3 is 0 Å². The summed E-state index contributed by atoms with van der Waals surface area (Å²) < 4.78 is 5.61. The molecule has 2 N–H and O–H groups in total. The molecule has 0 aliphatic rings. The van der Waals surface area contributed by atoms with Crippen molar-refractivity contribution >= 4 is 17.3 Å². The Labute approximate surface area is 193 Å². The third kappa shape index (κ3) is 7.40. The number of carbonyl (C=O) groups excluding carboxylic acids is 1. The predicted octanol–water partition coefficient (Wildman–Crippen LogP) is 4.54. The van der Waals surface area contributed by atoms with Crippen molar-refractivity contribution in [3.8, 4) is 0 Å². The summed E-state index contributed by atoms with van der Waals surface area (Å²) in [5, 5.41) is 17.5. The Morgan fingerprint density at radius 3 is 2.61 bits per heavy atom. The van der Waals surface area contributed by atoms with Crippen LogP contribution in [0, 0.1) is 10.1 Å². The van der Waals surface area contributed by atoms with E-state index in [2.05, 4.69) is 27.8 Å². The molecule has 0 bridgehead atoms. The van der Waals surface area contributed by atoms with Crippen molar-refractivity contribution in [2.24, 2.45) is 0 Å². The van der Waals surface area contributed by atoms with Crippen LogP contribution < -0.4 is 10.6 Å². The van der Waals surface area contributed by atoms with E-state index in [9.17, 15) is 14.9 Å². The molecule has 0 fully saturated rings. The van der Waals surface area contributed by atoms with Gasteiger partial charge < -0.3 is 15.4 Å². The van der Waals surface area contributed by atoms with Gasteiger partial charge in [0, 0.05) is 31.0 Å². The molecule has 0 aliphatic heterocycles. The number of amides is 1. The highest BCUT2D eigenvalue weighted by Crippen LogP contribution is 2.28. The summed E-state index contributed by atoms with van der Waals surface area (Å²) in [6, 6.07) is 19.8. The van der Waals surface area contributed by atoms with Crippen molar-refractivity contribution in [2.45, 2.75) is 25.8 Å². The van der Waals surface area contributed by atoms with Crippen LogP contribution in [-0.4, -0.2) is 35.6 Å². The van der Waals surface area contributed by atoms with Crippen LogP contribution in [0.3, 0.4) is 0 Å². The molecule has 1 unspecified atom stereocenters. The van der Waals surface area contributed by atoms with Crippen LogP contribution in [0.25, 0.3) is 0 Å². The molecule has 3 aromatic rings. The summed E-state index contributed by atoms with van der Waals surface area (Å²) in [5.41, 5.74) is 2.40. The molecule has 1 atom stereocenters. The molecule has 172 valence electrons. The van der Waals surface area contributed by atoms with Gasteiger partial charge in [-0.15, -0.1) is 0 Å². The molecule has 1 heterocycles. The maximum Gasteiger partial charge on any atom is 0.293 e. The van der Waals surface area contributed by atoms with Gasteiger partial charge in [-0.25, -0.2) is 0 Å². The second-order valence-corrected chi connectivity index (χ2v) is 7.57. The number of ether oxygens (including phenoxy) is 1. The minimum absolute atomic E-state index is 0.158. The van der Waals surface area contributed by atoms with Crippen LogP contribution >= 0.6 is 0 Å². The minimum atomic E-state index is -0.495. The van der Waals surface area contributed by atoms with E-state index in [1.54, 1.807) is 18.3 Å². The lowest BCUT2D eigenvalue weighted by molar-refractivity contribution is -0.384. The molecule has 0 aliphatic carbocycles. The predicted molar refractivity (Wildman–Crippen MR) is 127 cm³/mol. The van der Waals surface area contributed by atoms with Gasteiger partial charge in [0.2, 0.25) is 0 Å². The summed E-state index contributed by atoms with van der Waals surface area (Å²) >= 11 is 0. The standard InChI is InChI=1S/C25H28N4O4/c1-19(22-10-5-6-14-26-22)28-23-12-11-21(18-24(23)29(31)32)25(30)27-15-7-16-33-17-13-20-8-3-2-4-9-20/h2-6,8-12,14,18-19,28H,7,13,15-17H2,1H3,(H,27,30). The van der Waals surface area contributed by atoms with Gasteiger partial charge in [-0.2, -0.15) is 0 Å². The molecule has 1 amide bonds. The summed E-state index contributed by atoms with van der Waals surface area (Å²) in [6.07, 6.45) is 3.17. The van der Waals surface area contributed by atoms with Crippen LogP contribution in [0.15, 0.2) is 72.9 Å². The number of hydrogen-bond donors (Lipinski definition) is 2. The molecular formula is C25H28N4O4. The summed E-state index contributed by atoms with van der Waals surface area (Å²) in [4.78, 5) is 27.8. The molecule has 0 spiro atoms. The normalized spacial score (nSPS) is 11.5. The summed E-state index contributed by atoms with van der Waals surface area (Å²) in [7, 11) is 0. The summed E-state index contributed by atoms with van der Waals surface area (Å²) in [5.74, 6) is -0.355. The molecule has 33 heavy (non-hydrogen) atoms. The number of aromatic nitrogens is 1. The number of anilines is 1. The number of nitro benzene ring substituents is 1. The second kappa shape index (κ2) is 12.3. The molecule has 8 nitrogen and oxygen atoms in total. The Hall–Kier alpha value is -3.78. The van der Waals surface area contributed by atoms with Crippen molar-refractivity contribution in [2.75, 3.05) is 25.1 Å². The molecule has 8 heteroatoms. The number of carbonyl (C=O) groups is 1. The number of rotatable bonds is 12. The number of pyridine rings is 1. The highest BCUT2D eigenvalue weighted by atomic mass is 16.6. The zero-order chi connectivity index (χ0) is 23.5. The molecule has 0 radical (unpaired) electrons. The van der Waals surface area contributed by atoms with E-state index in [0.717, 1.165) is 12.1 Å². The van der Waals surface area contributed by atoms with Gasteiger partial charge in [0.1, 0.15) is 5.69 Å². The smallest absolute Gasteiger partial charge is 0.293 e. The Balaban J connectivity index is 1.47. The number of hydrogen-bond acceptors (Lipinski definition) is 6. The van der Waals surface area contributed by atoms with Crippen LogP contribution in [-0.2, 0) is 11.2 Å². The third-order valence-electron chi connectivity index (χ3n) is 5.09. The fraction of sp³-hybridized carbons (Fsp3) is 0.280. The first-order chi connectivity index (χ1) is 16.0. The second-order valence-electron chi connectivity index (χ2n) is 7.57. The Bertz CT molecular complexity index is 1040. The monoisotopic (exact) mass is 448 g/mol. The first kappa shape index (κ1) is 23.9. The Morgan fingerprint density at radius 2 is 1.88 bits per heavy atom. The SMILES string of the molecule is CC(Nc1ccc(C(=O)NCCCOCCc2ccccc2)cc1[N+](=O)[O-])c1ccccn1. The molecular weight excluding hydrogens is 420 g/mol. The lowest BCUT2D eigenvalue weighted by Crippen LogP contribution is -2.25. The van der Waals surface area contributed by atoms with Crippen molar-refractivity contribution in [3.63, 3.8) is 0 Å². The maximum atomic E-state index is 12.4. The molecule has 3 rings (SSSR count). The van der Waals surface area contributed by atoms with Gasteiger partial charge in [-0.05, 0) is 49.6 Å². The maximum absolute atomic E-state index is 12.4. The highest BCUT2D eigenvalue weighted by Gasteiger charge is 2.19. The summed E-state index contributed by atoms with van der Waals surface area (Å²) in [6.45, 7) is 3.44. The van der Waals surface area contributed by atoms with Crippen LogP contribution in [0.1, 0.15) is 41.0 Å². The lowest BCUT2D eigenvalue weighted by atomic mass is 10.1.